The lowest BCUT2D eigenvalue weighted by Gasteiger charge is -2.23. The van der Waals surface area contributed by atoms with E-state index in [2.05, 4.69) is 35.1 Å². The van der Waals surface area contributed by atoms with Crippen LogP contribution in [0.1, 0.15) is 27.2 Å². The van der Waals surface area contributed by atoms with E-state index in [1.54, 1.807) is 0 Å². The third-order valence-corrected chi connectivity index (χ3v) is 4.20. The Morgan fingerprint density at radius 3 is 2.71 bits per heavy atom. The maximum Gasteiger partial charge on any atom is 0.230 e. The summed E-state index contributed by atoms with van der Waals surface area (Å²) in [5.41, 5.74) is 0. The number of rotatable bonds is 7. The highest BCUT2D eigenvalue weighted by Crippen LogP contribution is 2.26. The second-order valence-electron chi connectivity index (χ2n) is 4.03. The molecule has 0 saturated carbocycles. The summed E-state index contributed by atoms with van der Waals surface area (Å²) in [7, 11) is -0.475. The molecule has 0 rings (SSSR count). The molecule has 0 aromatic carbocycles. The van der Waals surface area contributed by atoms with Gasteiger partial charge in [-0.1, -0.05) is 29.8 Å². The molecule has 0 unspecified atom stereocenters. The van der Waals surface area contributed by atoms with E-state index in [1.165, 1.54) is 0 Å². The molecule has 5 heteroatoms. The predicted octanol–water partition coefficient (Wildman–Crippen LogP) is 1.21. The van der Waals surface area contributed by atoms with Crippen molar-refractivity contribution in [3.05, 3.63) is 0 Å². The van der Waals surface area contributed by atoms with Gasteiger partial charge in [0.2, 0.25) is 5.91 Å². The van der Waals surface area contributed by atoms with Gasteiger partial charge in [-0.2, -0.15) is 0 Å². The number of amides is 1. The minimum atomic E-state index is -0.475. The van der Waals surface area contributed by atoms with Gasteiger partial charge >= 0.3 is 0 Å². The number of alkyl halides is 1. The molecule has 0 spiro atoms. The summed E-state index contributed by atoms with van der Waals surface area (Å²) >= 11 is 3.11. The van der Waals surface area contributed by atoms with E-state index >= 15 is 0 Å². The van der Waals surface area contributed by atoms with Crippen LogP contribution in [0.3, 0.4) is 0 Å². The van der Waals surface area contributed by atoms with Gasteiger partial charge in [-0.15, -0.1) is 0 Å². The summed E-state index contributed by atoms with van der Waals surface area (Å²) in [6.07, 6.45) is 0.998. The summed E-state index contributed by atoms with van der Waals surface area (Å²) in [5.74, 6) is 0.0545. The van der Waals surface area contributed by atoms with Crippen molar-refractivity contribution in [2.45, 2.75) is 32.2 Å². The quantitative estimate of drug-likeness (QED) is 0.563. The van der Waals surface area contributed by atoms with Crippen LogP contribution in [0.4, 0.5) is 0 Å². The van der Waals surface area contributed by atoms with Gasteiger partial charge in [-0.05, 0) is 18.4 Å². The fraction of sp³-hybridized carbons (Fsp3) is 0.889. The Labute approximate surface area is 97.0 Å². The van der Waals surface area contributed by atoms with E-state index in [0.29, 0.717) is 5.33 Å². The van der Waals surface area contributed by atoms with Crippen LogP contribution in [0.15, 0.2) is 0 Å². The molecule has 0 aliphatic heterocycles. The molecule has 0 aromatic rings. The van der Waals surface area contributed by atoms with E-state index in [4.69, 9.17) is 4.43 Å². The van der Waals surface area contributed by atoms with Crippen LogP contribution in [0, 0.1) is 0 Å². The van der Waals surface area contributed by atoms with Gasteiger partial charge in [0.15, 0.2) is 9.76 Å². The highest BCUT2D eigenvalue weighted by Gasteiger charge is 2.18. The highest BCUT2D eigenvalue weighted by molar-refractivity contribution is 9.09. The first kappa shape index (κ1) is 14.1. The Bertz CT molecular complexity index is 176. The van der Waals surface area contributed by atoms with Crippen molar-refractivity contribution < 1.29 is 9.22 Å². The second-order valence-corrected chi connectivity index (χ2v) is 7.21. The SMILES string of the molecule is CCO[SiH2]C(C)(C)CCNC(=O)CBr. The summed E-state index contributed by atoms with van der Waals surface area (Å²) in [5, 5.41) is 3.50. The monoisotopic (exact) mass is 281 g/mol. The van der Waals surface area contributed by atoms with Crippen LogP contribution in [0.2, 0.25) is 5.04 Å². The lowest BCUT2D eigenvalue weighted by atomic mass is 10.1. The molecule has 14 heavy (non-hydrogen) atoms. The lowest BCUT2D eigenvalue weighted by molar-refractivity contribution is -0.118. The van der Waals surface area contributed by atoms with Crippen LogP contribution in [0.25, 0.3) is 0 Å². The number of halogens is 1. The van der Waals surface area contributed by atoms with E-state index in [-0.39, 0.29) is 10.9 Å². The van der Waals surface area contributed by atoms with Crippen molar-refractivity contribution in [3.63, 3.8) is 0 Å². The molecule has 0 aliphatic rings. The van der Waals surface area contributed by atoms with Gasteiger partial charge in [0.25, 0.3) is 0 Å². The van der Waals surface area contributed by atoms with Gasteiger partial charge in [-0.3, -0.25) is 4.79 Å². The van der Waals surface area contributed by atoms with E-state index in [0.717, 1.165) is 19.6 Å². The van der Waals surface area contributed by atoms with E-state index < -0.39 is 9.76 Å². The highest BCUT2D eigenvalue weighted by atomic mass is 79.9. The topological polar surface area (TPSA) is 38.3 Å². The zero-order valence-electron chi connectivity index (χ0n) is 9.23. The maximum atomic E-state index is 10.9. The molecule has 0 aliphatic carbocycles. The first-order valence-corrected chi connectivity index (χ1v) is 7.33. The number of hydrogen-bond acceptors (Lipinski definition) is 2. The molecule has 0 radical (unpaired) electrons. The second kappa shape index (κ2) is 7.42. The number of hydrogen-bond donors (Lipinski definition) is 1. The smallest absolute Gasteiger partial charge is 0.230 e. The van der Waals surface area contributed by atoms with Crippen LogP contribution in [0.5, 0.6) is 0 Å². The number of carbonyl (C=O) groups is 1. The van der Waals surface area contributed by atoms with Crippen LogP contribution < -0.4 is 5.32 Å². The molecule has 0 heterocycles. The average molecular weight is 282 g/mol. The minimum Gasteiger partial charge on any atom is -0.424 e. The molecular weight excluding hydrogens is 262 g/mol. The number of carbonyl (C=O) groups excluding carboxylic acids is 1. The molecule has 0 saturated heterocycles. The molecule has 3 nitrogen and oxygen atoms in total. The van der Waals surface area contributed by atoms with E-state index in [1.807, 2.05) is 6.92 Å². The van der Waals surface area contributed by atoms with Crippen LogP contribution >= 0.6 is 15.9 Å². The zero-order valence-corrected chi connectivity index (χ0v) is 12.2. The fourth-order valence-electron chi connectivity index (χ4n) is 1.04. The Morgan fingerprint density at radius 1 is 1.57 bits per heavy atom. The van der Waals surface area contributed by atoms with Gasteiger partial charge in [0, 0.05) is 13.2 Å². The van der Waals surface area contributed by atoms with Crippen molar-refractivity contribution in [3.8, 4) is 0 Å². The molecule has 0 atom stereocenters. The zero-order chi connectivity index (χ0) is 11.0. The lowest BCUT2D eigenvalue weighted by Crippen LogP contribution is -2.29. The normalized spacial score (nSPS) is 12.3. The van der Waals surface area contributed by atoms with Gasteiger partial charge in [-0.25, -0.2) is 0 Å². The minimum absolute atomic E-state index is 0.0545. The molecule has 0 fully saturated rings. The molecule has 0 bridgehead atoms. The Kier molecular flexibility index (Phi) is 7.49. The molecular formula is C9H20BrNO2Si. The van der Waals surface area contributed by atoms with Gasteiger partial charge < -0.3 is 9.74 Å². The summed E-state index contributed by atoms with van der Waals surface area (Å²) in [6, 6.07) is 0. The van der Waals surface area contributed by atoms with Gasteiger partial charge in [0.05, 0.1) is 5.33 Å². The summed E-state index contributed by atoms with van der Waals surface area (Å²) < 4.78 is 5.50. The van der Waals surface area contributed by atoms with Crippen molar-refractivity contribution in [2.75, 3.05) is 18.5 Å². The first-order chi connectivity index (χ1) is 6.52. The molecule has 1 N–H and O–H groups in total. The summed E-state index contributed by atoms with van der Waals surface area (Å²) in [6.45, 7) is 7.99. The van der Waals surface area contributed by atoms with Crippen molar-refractivity contribution in [1.82, 2.24) is 5.32 Å². The molecule has 0 aromatic heterocycles. The molecule has 84 valence electrons. The Balaban J connectivity index is 3.59. The largest absolute Gasteiger partial charge is 0.424 e. The third-order valence-electron chi connectivity index (χ3n) is 1.94. The fourth-order valence-corrected chi connectivity index (χ4v) is 2.31. The summed E-state index contributed by atoms with van der Waals surface area (Å²) in [4.78, 5) is 10.9. The van der Waals surface area contributed by atoms with Crippen LogP contribution in [-0.4, -0.2) is 34.2 Å². The van der Waals surface area contributed by atoms with Crippen molar-refractivity contribution in [1.29, 1.82) is 0 Å². The number of nitrogens with one attached hydrogen (secondary N) is 1. The van der Waals surface area contributed by atoms with Crippen molar-refractivity contribution >= 4 is 31.6 Å². The van der Waals surface area contributed by atoms with Crippen molar-refractivity contribution in [2.24, 2.45) is 0 Å². The Hall–Kier alpha value is 0.127. The standard InChI is InChI=1S/C9H20BrNO2Si/c1-4-13-14-9(2,3)5-6-11-8(12)7-10/h4-7,14H2,1-3H3,(H,11,12). The van der Waals surface area contributed by atoms with Crippen LogP contribution in [-0.2, 0) is 9.22 Å². The maximum absolute atomic E-state index is 10.9. The molecule has 1 amide bonds. The van der Waals surface area contributed by atoms with E-state index in [9.17, 15) is 4.79 Å². The Morgan fingerprint density at radius 2 is 2.21 bits per heavy atom. The third kappa shape index (κ3) is 7.52. The first-order valence-electron chi connectivity index (χ1n) is 4.92. The predicted molar refractivity (Wildman–Crippen MR) is 65.6 cm³/mol. The average Bonchev–Trinajstić information content (AvgIpc) is 2.14. The van der Waals surface area contributed by atoms with Gasteiger partial charge in [0.1, 0.15) is 0 Å².